The smallest absolute Gasteiger partial charge is 0.340 e. The Hall–Kier alpha value is -2.39. The summed E-state index contributed by atoms with van der Waals surface area (Å²) in [5.41, 5.74) is 1.97. The van der Waals surface area contributed by atoms with Gasteiger partial charge in [0.25, 0.3) is 10.0 Å². The number of aryl methyl sites for hydroxylation is 1. The summed E-state index contributed by atoms with van der Waals surface area (Å²) < 4.78 is 33.9. The molecule has 0 radical (unpaired) electrons. The lowest BCUT2D eigenvalue weighted by Crippen LogP contribution is -2.35. The maximum Gasteiger partial charge on any atom is 0.340 e. The van der Waals surface area contributed by atoms with Crippen LogP contribution in [0.1, 0.15) is 53.1 Å². The molecule has 7 nitrogen and oxygen atoms in total. The summed E-state index contributed by atoms with van der Waals surface area (Å²) in [6, 6.07) is 7.04. The first-order valence-electron chi connectivity index (χ1n) is 10.2. The van der Waals surface area contributed by atoms with Crippen LogP contribution < -0.4 is 4.72 Å². The highest BCUT2D eigenvalue weighted by Crippen LogP contribution is 2.38. The number of amides is 1. The average molecular weight is 465 g/mol. The van der Waals surface area contributed by atoms with Gasteiger partial charge in [0, 0.05) is 17.8 Å². The van der Waals surface area contributed by atoms with Gasteiger partial charge in [0.15, 0.2) is 4.21 Å². The summed E-state index contributed by atoms with van der Waals surface area (Å²) in [6.07, 6.45) is 1.69. The van der Waals surface area contributed by atoms with Crippen molar-refractivity contribution < 1.29 is 22.7 Å². The van der Waals surface area contributed by atoms with Gasteiger partial charge in [0.2, 0.25) is 5.91 Å². The minimum absolute atomic E-state index is 0.0508. The lowest BCUT2D eigenvalue weighted by molar-refractivity contribution is -0.132. The first-order valence-corrected chi connectivity index (χ1v) is 12.5. The van der Waals surface area contributed by atoms with E-state index in [2.05, 4.69) is 18.6 Å². The fraction of sp³-hybridized carbons (Fsp3) is 0.455. The van der Waals surface area contributed by atoms with Crippen molar-refractivity contribution in [2.45, 2.75) is 50.8 Å². The molecule has 3 rings (SSSR count). The maximum absolute atomic E-state index is 13.2. The lowest BCUT2D eigenvalue weighted by Gasteiger charge is -2.27. The number of anilines is 1. The SMILES string of the molecule is COC(=O)c1c(S(=O)(=O)Nc2ccccc2C)sc2c1CCN(C(=O)CCC(C)C)C2. The number of hydrogen-bond donors (Lipinski definition) is 1. The summed E-state index contributed by atoms with van der Waals surface area (Å²) in [5.74, 6) is -0.196. The monoisotopic (exact) mass is 464 g/mol. The van der Waals surface area contributed by atoms with Crippen LogP contribution in [0.3, 0.4) is 0 Å². The Kier molecular flexibility index (Phi) is 7.06. The molecule has 0 saturated carbocycles. The predicted octanol–water partition coefficient (Wildman–Crippen LogP) is 3.96. The van der Waals surface area contributed by atoms with Crippen molar-refractivity contribution in [1.82, 2.24) is 4.90 Å². The number of para-hydroxylation sites is 1. The minimum Gasteiger partial charge on any atom is -0.465 e. The van der Waals surface area contributed by atoms with E-state index in [1.807, 2.05) is 6.07 Å². The van der Waals surface area contributed by atoms with Crippen LogP contribution in [0.25, 0.3) is 0 Å². The molecular weight excluding hydrogens is 436 g/mol. The molecule has 2 aromatic rings. The van der Waals surface area contributed by atoms with Gasteiger partial charge in [0.05, 0.1) is 24.9 Å². The molecule has 0 saturated heterocycles. The second-order valence-corrected chi connectivity index (χ2v) is 11.1. The van der Waals surface area contributed by atoms with E-state index >= 15 is 0 Å². The lowest BCUT2D eigenvalue weighted by atomic mass is 10.0. The number of rotatable bonds is 7. The molecule has 0 unspecified atom stereocenters. The molecular formula is C22H28N2O5S2. The number of sulfonamides is 1. The zero-order valence-electron chi connectivity index (χ0n) is 18.2. The number of fused-ring (bicyclic) bond motifs is 1. The van der Waals surface area contributed by atoms with Crippen LogP contribution >= 0.6 is 11.3 Å². The third kappa shape index (κ3) is 5.10. The zero-order valence-corrected chi connectivity index (χ0v) is 19.9. The minimum atomic E-state index is -4.01. The van der Waals surface area contributed by atoms with Crippen LogP contribution in [0.15, 0.2) is 28.5 Å². The van der Waals surface area contributed by atoms with Gasteiger partial charge >= 0.3 is 5.97 Å². The van der Waals surface area contributed by atoms with E-state index in [1.54, 1.807) is 30.0 Å². The van der Waals surface area contributed by atoms with Gasteiger partial charge in [-0.3, -0.25) is 9.52 Å². The molecule has 0 atom stereocenters. The average Bonchev–Trinajstić information content (AvgIpc) is 3.12. The molecule has 1 N–H and O–H groups in total. The molecule has 0 fully saturated rings. The van der Waals surface area contributed by atoms with Crippen molar-refractivity contribution in [2.24, 2.45) is 5.92 Å². The molecule has 1 aromatic heterocycles. The number of benzene rings is 1. The van der Waals surface area contributed by atoms with E-state index in [0.717, 1.165) is 28.2 Å². The van der Waals surface area contributed by atoms with Crippen molar-refractivity contribution in [3.05, 3.63) is 45.8 Å². The number of hydrogen-bond acceptors (Lipinski definition) is 6. The van der Waals surface area contributed by atoms with Gasteiger partial charge in [0.1, 0.15) is 0 Å². The van der Waals surface area contributed by atoms with Gasteiger partial charge in [-0.25, -0.2) is 13.2 Å². The summed E-state index contributed by atoms with van der Waals surface area (Å²) in [7, 11) is -2.77. The number of carbonyl (C=O) groups excluding carboxylic acids is 2. The molecule has 31 heavy (non-hydrogen) atoms. The highest BCUT2D eigenvalue weighted by molar-refractivity contribution is 7.94. The number of thiophene rings is 1. The van der Waals surface area contributed by atoms with Gasteiger partial charge in [-0.1, -0.05) is 32.0 Å². The fourth-order valence-electron chi connectivity index (χ4n) is 3.54. The number of esters is 1. The van der Waals surface area contributed by atoms with E-state index in [4.69, 9.17) is 4.74 Å². The van der Waals surface area contributed by atoms with Gasteiger partial charge in [-0.05, 0) is 42.9 Å². The third-order valence-corrected chi connectivity index (χ3v) is 8.44. The van der Waals surface area contributed by atoms with Crippen LogP contribution in [0, 0.1) is 12.8 Å². The summed E-state index contributed by atoms with van der Waals surface area (Å²) in [4.78, 5) is 27.6. The normalized spacial score (nSPS) is 13.8. The molecule has 0 bridgehead atoms. The molecule has 0 aliphatic carbocycles. The Bertz CT molecular complexity index is 1090. The van der Waals surface area contributed by atoms with Crippen LogP contribution in [0.2, 0.25) is 0 Å². The van der Waals surface area contributed by atoms with Crippen LogP contribution in [-0.2, 0) is 32.5 Å². The van der Waals surface area contributed by atoms with E-state index in [-0.39, 0.29) is 15.7 Å². The molecule has 2 heterocycles. The molecule has 168 valence electrons. The second-order valence-electron chi connectivity index (χ2n) is 8.08. The molecule has 1 amide bonds. The van der Waals surface area contributed by atoms with Crippen molar-refractivity contribution in [2.75, 3.05) is 18.4 Å². The van der Waals surface area contributed by atoms with Crippen LogP contribution in [0.5, 0.6) is 0 Å². The van der Waals surface area contributed by atoms with Gasteiger partial charge < -0.3 is 9.64 Å². The summed E-state index contributed by atoms with van der Waals surface area (Å²) >= 11 is 1.04. The van der Waals surface area contributed by atoms with Crippen molar-refractivity contribution in [3.8, 4) is 0 Å². The van der Waals surface area contributed by atoms with Crippen LogP contribution in [-0.4, -0.2) is 38.8 Å². The van der Waals surface area contributed by atoms with Crippen molar-refractivity contribution in [1.29, 1.82) is 0 Å². The number of nitrogens with one attached hydrogen (secondary N) is 1. The predicted molar refractivity (Wildman–Crippen MR) is 121 cm³/mol. The highest BCUT2D eigenvalue weighted by Gasteiger charge is 2.35. The van der Waals surface area contributed by atoms with Gasteiger partial charge in [-0.2, -0.15) is 0 Å². The quantitative estimate of drug-likeness (QED) is 0.626. The molecule has 0 spiro atoms. The fourth-order valence-corrected chi connectivity index (χ4v) is 6.57. The van der Waals surface area contributed by atoms with Crippen LogP contribution in [0.4, 0.5) is 5.69 Å². The number of methoxy groups -OCH3 is 1. The van der Waals surface area contributed by atoms with E-state index in [9.17, 15) is 18.0 Å². The third-order valence-electron chi connectivity index (χ3n) is 5.34. The molecule has 1 aliphatic heterocycles. The Balaban J connectivity index is 1.95. The molecule has 9 heteroatoms. The largest absolute Gasteiger partial charge is 0.465 e. The zero-order chi connectivity index (χ0) is 22.8. The first-order chi connectivity index (χ1) is 14.6. The highest BCUT2D eigenvalue weighted by atomic mass is 32.2. The standard InChI is InChI=1S/C22H28N2O5S2/c1-14(2)9-10-19(25)24-12-11-16-18(13-24)30-22(20(16)21(26)29-4)31(27,28)23-17-8-6-5-7-15(17)3/h5-8,14,23H,9-13H2,1-4H3. The first kappa shape index (κ1) is 23.3. The number of ether oxygens (including phenoxy) is 1. The number of nitrogens with zero attached hydrogens (tertiary/aromatic N) is 1. The topological polar surface area (TPSA) is 92.8 Å². The Morgan fingerprint density at radius 2 is 1.97 bits per heavy atom. The summed E-state index contributed by atoms with van der Waals surface area (Å²) in [5, 5.41) is 0. The summed E-state index contributed by atoms with van der Waals surface area (Å²) in [6.45, 7) is 6.71. The molecule has 1 aromatic carbocycles. The number of carbonyl (C=O) groups is 2. The van der Waals surface area contributed by atoms with Crippen molar-refractivity contribution in [3.63, 3.8) is 0 Å². The second kappa shape index (κ2) is 9.40. The van der Waals surface area contributed by atoms with Gasteiger partial charge in [-0.15, -0.1) is 11.3 Å². The Labute approximate surface area is 187 Å². The Morgan fingerprint density at radius 1 is 1.26 bits per heavy atom. The Morgan fingerprint density at radius 3 is 2.61 bits per heavy atom. The van der Waals surface area contributed by atoms with Crippen molar-refractivity contribution >= 4 is 38.9 Å². The van der Waals surface area contributed by atoms with E-state index < -0.39 is 16.0 Å². The van der Waals surface area contributed by atoms with E-state index in [1.165, 1.54) is 7.11 Å². The maximum atomic E-state index is 13.2. The van der Waals surface area contributed by atoms with E-state index in [0.29, 0.717) is 43.1 Å². The molecule has 1 aliphatic rings.